The molecule has 0 fully saturated rings. The second-order valence-electron chi connectivity index (χ2n) is 6.13. The molecule has 1 aliphatic rings. The Kier molecular flexibility index (Phi) is 3.15. The first-order valence-electron chi connectivity index (χ1n) is 7.08. The van der Waals surface area contributed by atoms with Crippen molar-refractivity contribution >= 4 is 18.8 Å². The van der Waals surface area contributed by atoms with E-state index >= 15 is 0 Å². The molecule has 0 heterocycles. The standard InChI is InChI=1S/C18H20OSi/c1-20(2,17-11-7-4-8-12-17)18(19)13-16(14-18)15-9-5-3-6-10-15/h3-13,19H,14H2,1-2H3. The van der Waals surface area contributed by atoms with E-state index in [-0.39, 0.29) is 0 Å². The lowest BCUT2D eigenvalue weighted by atomic mass is 9.89. The molecular formula is C18H20OSi. The van der Waals surface area contributed by atoms with Gasteiger partial charge in [-0.3, -0.25) is 0 Å². The predicted octanol–water partition coefficient (Wildman–Crippen LogP) is 3.36. The third-order valence-corrected chi connectivity index (χ3v) is 8.86. The van der Waals surface area contributed by atoms with Crippen molar-refractivity contribution in [1.29, 1.82) is 0 Å². The van der Waals surface area contributed by atoms with Gasteiger partial charge >= 0.3 is 0 Å². The summed E-state index contributed by atoms with van der Waals surface area (Å²) in [6, 6.07) is 20.8. The summed E-state index contributed by atoms with van der Waals surface area (Å²) >= 11 is 0. The molecular weight excluding hydrogens is 260 g/mol. The van der Waals surface area contributed by atoms with E-state index in [0.29, 0.717) is 0 Å². The SMILES string of the molecule is C[Si](C)(c1ccccc1)C1(O)C=C(c2ccccc2)C1. The second-order valence-corrected chi connectivity index (χ2v) is 10.8. The molecule has 1 N–H and O–H groups in total. The van der Waals surface area contributed by atoms with Crippen LogP contribution < -0.4 is 5.19 Å². The van der Waals surface area contributed by atoms with Crippen molar-refractivity contribution < 1.29 is 5.11 Å². The maximum absolute atomic E-state index is 11.0. The Labute approximate surface area is 121 Å². The Morgan fingerprint density at radius 3 is 1.95 bits per heavy atom. The molecule has 1 atom stereocenters. The van der Waals surface area contributed by atoms with Gasteiger partial charge in [-0.25, -0.2) is 0 Å². The molecule has 2 aromatic rings. The van der Waals surface area contributed by atoms with Crippen LogP contribution in [-0.2, 0) is 0 Å². The average Bonchev–Trinajstić information content (AvgIpc) is 2.45. The van der Waals surface area contributed by atoms with Gasteiger partial charge in [0.05, 0.1) is 5.22 Å². The summed E-state index contributed by atoms with van der Waals surface area (Å²) in [5.41, 5.74) is 2.50. The first-order chi connectivity index (χ1) is 9.53. The highest BCUT2D eigenvalue weighted by Crippen LogP contribution is 2.42. The van der Waals surface area contributed by atoms with Crippen LogP contribution in [0.3, 0.4) is 0 Å². The van der Waals surface area contributed by atoms with Crippen molar-refractivity contribution in [2.75, 3.05) is 0 Å². The van der Waals surface area contributed by atoms with Gasteiger partial charge in [-0.1, -0.05) is 85.0 Å². The van der Waals surface area contributed by atoms with Crippen LogP contribution in [0.5, 0.6) is 0 Å². The fourth-order valence-corrected chi connectivity index (χ4v) is 5.59. The maximum Gasteiger partial charge on any atom is 0.122 e. The van der Waals surface area contributed by atoms with E-state index in [1.165, 1.54) is 16.3 Å². The third-order valence-electron chi connectivity index (χ3n) is 4.60. The minimum absolute atomic E-state index is 0.625. The minimum Gasteiger partial charge on any atom is -0.389 e. The van der Waals surface area contributed by atoms with Crippen molar-refractivity contribution in [2.24, 2.45) is 0 Å². The molecule has 102 valence electrons. The van der Waals surface area contributed by atoms with Gasteiger partial charge in [0.15, 0.2) is 0 Å². The molecule has 0 radical (unpaired) electrons. The van der Waals surface area contributed by atoms with Gasteiger partial charge in [0, 0.05) is 6.42 Å². The largest absolute Gasteiger partial charge is 0.389 e. The van der Waals surface area contributed by atoms with Crippen LogP contribution in [0.2, 0.25) is 13.1 Å². The topological polar surface area (TPSA) is 20.2 Å². The second kappa shape index (κ2) is 4.72. The van der Waals surface area contributed by atoms with E-state index in [1.54, 1.807) is 0 Å². The zero-order chi connectivity index (χ0) is 14.2. The van der Waals surface area contributed by atoms with Crippen molar-refractivity contribution in [1.82, 2.24) is 0 Å². The van der Waals surface area contributed by atoms with Crippen LogP contribution in [-0.4, -0.2) is 18.4 Å². The molecule has 2 heteroatoms. The van der Waals surface area contributed by atoms with E-state index in [1.807, 2.05) is 24.3 Å². The van der Waals surface area contributed by atoms with Crippen molar-refractivity contribution in [3.63, 3.8) is 0 Å². The first-order valence-corrected chi connectivity index (χ1v) is 10.1. The van der Waals surface area contributed by atoms with Gasteiger partial charge in [0.25, 0.3) is 0 Å². The smallest absolute Gasteiger partial charge is 0.122 e. The Morgan fingerprint density at radius 1 is 0.900 bits per heavy atom. The van der Waals surface area contributed by atoms with Crippen LogP contribution in [0.1, 0.15) is 12.0 Å². The lowest BCUT2D eigenvalue weighted by Gasteiger charge is -2.46. The van der Waals surface area contributed by atoms with Crippen molar-refractivity contribution in [3.05, 3.63) is 72.3 Å². The fraction of sp³-hybridized carbons (Fsp3) is 0.222. The van der Waals surface area contributed by atoms with Crippen molar-refractivity contribution in [3.8, 4) is 0 Å². The summed E-state index contributed by atoms with van der Waals surface area (Å²) in [6.07, 6.45) is 2.85. The molecule has 3 rings (SSSR count). The summed E-state index contributed by atoms with van der Waals surface area (Å²) in [5.74, 6) is 0. The number of hydrogen-bond acceptors (Lipinski definition) is 1. The first kappa shape index (κ1) is 13.3. The number of hydrogen-bond donors (Lipinski definition) is 1. The van der Waals surface area contributed by atoms with Crippen LogP contribution >= 0.6 is 0 Å². The normalized spacial score (nSPS) is 22.1. The molecule has 0 saturated carbocycles. The van der Waals surface area contributed by atoms with Gasteiger partial charge in [-0.15, -0.1) is 0 Å². The quantitative estimate of drug-likeness (QED) is 0.855. The molecule has 0 amide bonds. The van der Waals surface area contributed by atoms with Crippen LogP contribution in [0, 0.1) is 0 Å². The number of benzene rings is 2. The number of aliphatic hydroxyl groups is 1. The van der Waals surface area contributed by atoms with E-state index in [4.69, 9.17) is 0 Å². The highest BCUT2D eigenvalue weighted by atomic mass is 28.3. The minimum atomic E-state index is -1.92. The zero-order valence-electron chi connectivity index (χ0n) is 12.0. The highest BCUT2D eigenvalue weighted by molar-refractivity contribution is 6.93. The van der Waals surface area contributed by atoms with E-state index in [9.17, 15) is 5.11 Å². The van der Waals surface area contributed by atoms with E-state index < -0.39 is 13.3 Å². The zero-order valence-corrected chi connectivity index (χ0v) is 13.0. The Hall–Kier alpha value is -1.64. The summed E-state index contributed by atoms with van der Waals surface area (Å²) < 4.78 is 0. The lowest BCUT2D eigenvalue weighted by molar-refractivity contribution is 0.159. The van der Waals surface area contributed by atoms with Crippen molar-refractivity contribution in [2.45, 2.75) is 24.7 Å². The highest BCUT2D eigenvalue weighted by Gasteiger charge is 2.50. The lowest BCUT2D eigenvalue weighted by Crippen LogP contribution is -2.64. The van der Waals surface area contributed by atoms with Crippen LogP contribution in [0.25, 0.3) is 5.57 Å². The van der Waals surface area contributed by atoms with Gasteiger partial charge in [-0.2, -0.15) is 0 Å². The Bertz CT molecular complexity index is 631. The molecule has 1 aliphatic carbocycles. The van der Waals surface area contributed by atoms with Crippen LogP contribution in [0.15, 0.2) is 66.7 Å². The van der Waals surface area contributed by atoms with Gasteiger partial charge in [0.2, 0.25) is 0 Å². The predicted molar refractivity (Wildman–Crippen MR) is 87.5 cm³/mol. The molecule has 0 aliphatic heterocycles. The Morgan fingerprint density at radius 2 is 1.40 bits per heavy atom. The molecule has 0 aromatic heterocycles. The summed E-state index contributed by atoms with van der Waals surface area (Å²) in [4.78, 5) is 0. The maximum atomic E-state index is 11.0. The third kappa shape index (κ3) is 2.05. The Balaban J connectivity index is 1.91. The summed E-state index contributed by atoms with van der Waals surface area (Å²) in [6.45, 7) is 4.50. The molecule has 1 unspecified atom stereocenters. The molecule has 20 heavy (non-hydrogen) atoms. The molecule has 2 aromatic carbocycles. The van der Waals surface area contributed by atoms with Gasteiger partial charge in [0.1, 0.15) is 8.07 Å². The fourth-order valence-electron chi connectivity index (χ4n) is 2.89. The van der Waals surface area contributed by atoms with E-state index in [0.717, 1.165) is 6.42 Å². The molecule has 0 spiro atoms. The molecule has 0 saturated heterocycles. The average molecular weight is 280 g/mol. The monoisotopic (exact) mass is 280 g/mol. The van der Waals surface area contributed by atoms with Gasteiger partial charge < -0.3 is 5.11 Å². The van der Waals surface area contributed by atoms with Gasteiger partial charge in [-0.05, 0) is 11.1 Å². The summed E-state index contributed by atoms with van der Waals surface area (Å²) in [7, 11) is -1.92. The number of rotatable bonds is 3. The molecule has 0 bridgehead atoms. The summed E-state index contributed by atoms with van der Waals surface area (Å²) in [5, 5.41) is 11.7. The van der Waals surface area contributed by atoms with E-state index in [2.05, 4.69) is 55.6 Å². The molecule has 1 nitrogen and oxygen atoms in total. The van der Waals surface area contributed by atoms with Crippen LogP contribution in [0.4, 0.5) is 0 Å².